The van der Waals surface area contributed by atoms with Crippen molar-refractivity contribution in [2.75, 3.05) is 20.6 Å². The van der Waals surface area contributed by atoms with Gasteiger partial charge in [-0.15, -0.1) is 0 Å². The van der Waals surface area contributed by atoms with Gasteiger partial charge in [-0.25, -0.2) is 0 Å². The largest absolute Gasteiger partial charge is 0.468 e. The molecule has 27 heavy (non-hydrogen) atoms. The molecule has 1 aliphatic heterocycles. The molecule has 7 nitrogen and oxygen atoms in total. The minimum Gasteiger partial charge on any atom is -0.468 e. The van der Waals surface area contributed by atoms with Crippen LogP contribution in [0.25, 0.3) is 0 Å². The molecule has 1 aliphatic rings. The van der Waals surface area contributed by atoms with E-state index >= 15 is 0 Å². The molecular weight excluding hydrogens is 344 g/mol. The zero-order valence-corrected chi connectivity index (χ0v) is 15.9. The fourth-order valence-electron chi connectivity index (χ4n) is 3.37. The highest BCUT2D eigenvalue weighted by Crippen LogP contribution is 2.40. The molecule has 0 saturated carbocycles. The number of aryl methyl sites for hydroxylation is 1. The van der Waals surface area contributed by atoms with Crippen LogP contribution in [-0.2, 0) is 13.0 Å². The summed E-state index contributed by atoms with van der Waals surface area (Å²) in [7, 11) is 3.93. The Morgan fingerprint density at radius 2 is 2.19 bits per heavy atom. The van der Waals surface area contributed by atoms with Crippen LogP contribution in [0.2, 0.25) is 0 Å². The maximum Gasteiger partial charge on any atom is 0.258 e. The maximum atomic E-state index is 13.4. The number of allylic oxidation sites excluding steroid dienone is 1. The molecule has 7 heteroatoms. The van der Waals surface area contributed by atoms with Crippen LogP contribution in [0.4, 0.5) is 0 Å². The third kappa shape index (κ3) is 3.49. The second kappa shape index (κ2) is 7.72. The van der Waals surface area contributed by atoms with Crippen LogP contribution in [0.3, 0.4) is 0 Å². The summed E-state index contributed by atoms with van der Waals surface area (Å²) in [4.78, 5) is 15.5. The maximum absolute atomic E-state index is 13.4. The predicted molar refractivity (Wildman–Crippen MR) is 101 cm³/mol. The van der Waals surface area contributed by atoms with Crippen LogP contribution in [0, 0.1) is 11.3 Å². The van der Waals surface area contributed by atoms with Gasteiger partial charge in [0.1, 0.15) is 23.2 Å². The van der Waals surface area contributed by atoms with Crippen molar-refractivity contribution in [2.45, 2.75) is 32.2 Å². The van der Waals surface area contributed by atoms with Crippen molar-refractivity contribution >= 4 is 0 Å². The average Bonchev–Trinajstić information content (AvgIpc) is 3.14. The molecule has 2 aromatic heterocycles. The van der Waals surface area contributed by atoms with E-state index in [1.54, 1.807) is 16.7 Å². The molecule has 0 bridgehead atoms. The van der Waals surface area contributed by atoms with Crippen LogP contribution in [0.1, 0.15) is 36.3 Å². The first kappa shape index (κ1) is 18.8. The standard InChI is InChI=1S/C20H24N4O3/c1-4-6-13-11-16-18(20(25)24(13)9-8-23(2)3)17(15-7-5-10-26-15)14(12-21)19(22)27-16/h5,7,10-11,17H,4,6,8-9,22H2,1-3H3. The first-order valence-corrected chi connectivity index (χ1v) is 9.00. The number of pyridine rings is 1. The van der Waals surface area contributed by atoms with Crippen LogP contribution in [0.5, 0.6) is 5.75 Å². The van der Waals surface area contributed by atoms with Crippen molar-refractivity contribution in [3.63, 3.8) is 0 Å². The molecule has 3 rings (SSSR count). The van der Waals surface area contributed by atoms with Crippen molar-refractivity contribution in [3.05, 3.63) is 63.3 Å². The number of fused-ring (bicyclic) bond motifs is 1. The highest BCUT2D eigenvalue weighted by Gasteiger charge is 2.36. The number of nitrogens with two attached hydrogens (primary N) is 1. The Kier molecular flexibility index (Phi) is 5.38. The lowest BCUT2D eigenvalue weighted by atomic mass is 9.87. The summed E-state index contributed by atoms with van der Waals surface area (Å²) in [6.45, 7) is 3.35. The normalized spacial score (nSPS) is 16.2. The fourth-order valence-corrected chi connectivity index (χ4v) is 3.37. The highest BCUT2D eigenvalue weighted by molar-refractivity contribution is 5.53. The lowest BCUT2D eigenvalue weighted by Crippen LogP contribution is -2.35. The summed E-state index contributed by atoms with van der Waals surface area (Å²) in [5, 5.41) is 9.61. The van der Waals surface area contributed by atoms with Crippen molar-refractivity contribution in [1.29, 1.82) is 5.26 Å². The Morgan fingerprint density at radius 1 is 1.41 bits per heavy atom. The van der Waals surface area contributed by atoms with Crippen LogP contribution in [-0.4, -0.2) is 30.1 Å². The molecule has 0 saturated heterocycles. The van der Waals surface area contributed by atoms with Gasteiger partial charge in [0, 0.05) is 24.8 Å². The number of likely N-dealkylation sites (N-methyl/N-ethyl adjacent to an activating group) is 1. The molecular formula is C20H24N4O3. The SMILES string of the molecule is CCCc1cc2c(c(=O)n1CCN(C)C)C(c1ccco1)C(C#N)=C(N)O2. The van der Waals surface area contributed by atoms with E-state index in [-0.39, 0.29) is 17.0 Å². The lowest BCUT2D eigenvalue weighted by molar-refractivity contribution is 0.363. The summed E-state index contributed by atoms with van der Waals surface area (Å²) < 4.78 is 13.0. The van der Waals surface area contributed by atoms with E-state index in [1.807, 2.05) is 25.1 Å². The monoisotopic (exact) mass is 368 g/mol. The number of hydrogen-bond donors (Lipinski definition) is 1. The predicted octanol–water partition coefficient (Wildman–Crippen LogP) is 2.17. The number of aromatic nitrogens is 1. The van der Waals surface area contributed by atoms with Crippen molar-refractivity contribution in [1.82, 2.24) is 9.47 Å². The molecule has 142 valence electrons. The van der Waals surface area contributed by atoms with Crippen molar-refractivity contribution < 1.29 is 9.15 Å². The van der Waals surface area contributed by atoms with Crippen LogP contribution >= 0.6 is 0 Å². The summed E-state index contributed by atoms with van der Waals surface area (Å²) in [5.41, 5.74) is 7.31. The Morgan fingerprint density at radius 3 is 2.78 bits per heavy atom. The quantitative estimate of drug-likeness (QED) is 0.839. The smallest absolute Gasteiger partial charge is 0.258 e. The van der Waals surface area contributed by atoms with Crippen LogP contribution in [0.15, 0.2) is 45.1 Å². The van der Waals surface area contributed by atoms with E-state index in [0.717, 1.165) is 25.1 Å². The number of hydrogen-bond acceptors (Lipinski definition) is 6. The van der Waals surface area contributed by atoms with Crippen molar-refractivity contribution in [2.24, 2.45) is 5.73 Å². The van der Waals surface area contributed by atoms with E-state index in [2.05, 4.69) is 13.0 Å². The fraction of sp³-hybridized carbons (Fsp3) is 0.400. The number of ether oxygens (including phenoxy) is 1. The molecule has 1 unspecified atom stereocenters. The molecule has 2 aromatic rings. The Bertz CT molecular complexity index is 949. The second-order valence-electron chi connectivity index (χ2n) is 6.86. The van der Waals surface area contributed by atoms with E-state index in [9.17, 15) is 10.1 Å². The molecule has 0 amide bonds. The van der Waals surface area contributed by atoms with Gasteiger partial charge < -0.3 is 24.4 Å². The average molecular weight is 368 g/mol. The first-order chi connectivity index (χ1) is 13.0. The van der Waals surface area contributed by atoms with E-state index in [4.69, 9.17) is 14.9 Å². The minimum atomic E-state index is -0.664. The van der Waals surface area contributed by atoms with Gasteiger partial charge >= 0.3 is 0 Å². The van der Waals surface area contributed by atoms with E-state index in [0.29, 0.717) is 23.6 Å². The van der Waals surface area contributed by atoms with E-state index < -0.39 is 5.92 Å². The van der Waals surface area contributed by atoms with Gasteiger partial charge in [0.25, 0.3) is 5.56 Å². The van der Waals surface area contributed by atoms with Gasteiger partial charge in [-0.3, -0.25) is 4.79 Å². The Balaban J connectivity index is 2.23. The number of nitrogens with zero attached hydrogens (tertiary/aromatic N) is 3. The molecule has 0 spiro atoms. The summed E-state index contributed by atoms with van der Waals surface area (Å²) >= 11 is 0. The first-order valence-electron chi connectivity index (χ1n) is 9.00. The third-order valence-electron chi connectivity index (χ3n) is 4.67. The van der Waals surface area contributed by atoms with E-state index in [1.165, 1.54) is 6.26 Å². The second-order valence-corrected chi connectivity index (χ2v) is 6.86. The molecule has 2 N–H and O–H groups in total. The van der Waals surface area contributed by atoms with Gasteiger partial charge in [0.2, 0.25) is 5.88 Å². The zero-order valence-electron chi connectivity index (χ0n) is 15.9. The van der Waals surface area contributed by atoms with Gasteiger partial charge in [0.15, 0.2) is 0 Å². The molecule has 3 heterocycles. The third-order valence-corrected chi connectivity index (χ3v) is 4.67. The molecule has 0 radical (unpaired) electrons. The summed E-state index contributed by atoms with van der Waals surface area (Å²) in [5.74, 6) is 0.253. The molecule has 0 aliphatic carbocycles. The number of furan rings is 1. The topological polar surface area (TPSA) is 97.4 Å². The summed E-state index contributed by atoms with van der Waals surface area (Å²) in [6, 6.07) is 7.42. The molecule has 0 fully saturated rings. The highest BCUT2D eigenvalue weighted by atomic mass is 16.5. The van der Waals surface area contributed by atoms with Gasteiger partial charge in [0.05, 0.1) is 17.7 Å². The number of nitriles is 1. The van der Waals surface area contributed by atoms with Gasteiger partial charge in [-0.05, 0) is 32.6 Å². The van der Waals surface area contributed by atoms with Gasteiger partial charge in [-0.1, -0.05) is 13.3 Å². The van der Waals surface area contributed by atoms with Crippen LogP contribution < -0.4 is 16.0 Å². The van der Waals surface area contributed by atoms with Crippen molar-refractivity contribution in [3.8, 4) is 11.8 Å². The Labute approximate surface area is 158 Å². The van der Waals surface area contributed by atoms with Gasteiger partial charge in [-0.2, -0.15) is 5.26 Å². The molecule has 0 aromatic carbocycles. The molecule has 1 atom stereocenters. The number of rotatable bonds is 6. The zero-order chi connectivity index (χ0) is 19.6. The summed E-state index contributed by atoms with van der Waals surface area (Å²) in [6.07, 6.45) is 3.17. The Hall–Kier alpha value is -2.98. The minimum absolute atomic E-state index is 0.0132. The lowest BCUT2D eigenvalue weighted by Gasteiger charge is -2.26.